The third-order valence-corrected chi connectivity index (χ3v) is 15.4. The number of nitrogens with zero attached hydrogens (tertiary/aromatic N) is 4. The first kappa shape index (κ1) is 46.5. The molecule has 3 aromatic heterocycles. The SMILES string of the molecule is c1ccc(-c2ccc(-c3nc(-c4cc(-c5ccccc5)cc(-c5ccccc5)c4)nc(-c4cc(-c5ccccc5)c(-n5c6ccccc6c6c7oc8c(-c9ccccc9)cccc8c7ccc65)c(-c5ccccc5)c4)n3)cc2)cc1. The molecule has 15 aromatic rings. The van der Waals surface area contributed by atoms with Gasteiger partial charge in [0.15, 0.2) is 17.5 Å². The van der Waals surface area contributed by atoms with E-state index in [0.717, 1.165) is 133 Å². The number of furan rings is 1. The highest BCUT2D eigenvalue weighted by atomic mass is 16.3. The van der Waals surface area contributed by atoms with Gasteiger partial charge in [-0.2, -0.15) is 0 Å². The van der Waals surface area contributed by atoms with Gasteiger partial charge >= 0.3 is 0 Å². The number of para-hydroxylation sites is 2. The van der Waals surface area contributed by atoms with Crippen LogP contribution < -0.4 is 0 Å². The van der Waals surface area contributed by atoms with Crippen LogP contribution in [0.15, 0.2) is 296 Å². The lowest BCUT2D eigenvalue weighted by Gasteiger charge is -2.21. The van der Waals surface area contributed by atoms with Gasteiger partial charge < -0.3 is 8.98 Å². The molecule has 12 aromatic carbocycles. The van der Waals surface area contributed by atoms with Crippen LogP contribution in [0.3, 0.4) is 0 Å². The topological polar surface area (TPSA) is 56.7 Å². The number of hydrogen-bond acceptors (Lipinski definition) is 4. The molecule has 3 heterocycles. The molecule has 0 spiro atoms. The van der Waals surface area contributed by atoms with E-state index in [9.17, 15) is 0 Å². The molecule has 80 heavy (non-hydrogen) atoms. The zero-order valence-electron chi connectivity index (χ0n) is 43.4. The molecule has 0 N–H and O–H groups in total. The van der Waals surface area contributed by atoms with Crippen molar-refractivity contribution in [3.05, 3.63) is 291 Å². The first-order valence-corrected chi connectivity index (χ1v) is 27.1. The summed E-state index contributed by atoms with van der Waals surface area (Å²) in [6, 6.07) is 103. The second-order valence-corrected chi connectivity index (χ2v) is 20.3. The van der Waals surface area contributed by atoms with Gasteiger partial charge in [-0.25, -0.2) is 15.0 Å². The Balaban J connectivity index is 1.00. The molecule has 374 valence electrons. The summed E-state index contributed by atoms with van der Waals surface area (Å²) in [6.45, 7) is 0. The van der Waals surface area contributed by atoms with Crippen molar-refractivity contribution in [1.82, 2.24) is 19.5 Å². The summed E-state index contributed by atoms with van der Waals surface area (Å²) in [5, 5.41) is 4.34. The zero-order valence-corrected chi connectivity index (χ0v) is 43.4. The molecule has 0 fully saturated rings. The normalized spacial score (nSPS) is 11.5. The van der Waals surface area contributed by atoms with Crippen LogP contribution in [0.1, 0.15) is 0 Å². The molecule has 0 aliphatic rings. The number of fused-ring (bicyclic) bond motifs is 7. The first-order chi connectivity index (χ1) is 39.7. The van der Waals surface area contributed by atoms with E-state index in [0.29, 0.717) is 17.5 Å². The van der Waals surface area contributed by atoms with Gasteiger partial charge in [0.2, 0.25) is 0 Å². The lowest BCUT2D eigenvalue weighted by Crippen LogP contribution is -2.04. The van der Waals surface area contributed by atoms with Crippen molar-refractivity contribution >= 4 is 43.7 Å². The second-order valence-electron chi connectivity index (χ2n) is 20.3. The summed E-state index contributed by atoms with van der Waals surface area (Å²) in [4.78, 5) is 16.4. The predicted molar refractivity (Wildman–Crippen MR) is 330 cm³/mol. The first-order valence-electron chi connectivity index (χ1n) is 27.1. The van der Waals surface area contributed by atoms with Crippen LogP contribution in [-0.4, -0.2) is 19.5 Å². The fraction of sp³-hybridized carbons (Fsp3) is 0. The lowest BCUT2D eigenvalue weighted by molar-refractivity contribution is 0.674. The van der Waals surface area contributed by atoms with Gasteiger partial charge in [0, 0.05) is 49.5 Å². The van der Waals surface area contributed by atoms with Crippen molar-refractivity contribution in [2.75, 3.05) is 0 Å². The van der Waals surface area contributed by atoms with Crippen molar-refractivity contribution in [2.45, 2.75) is 0 Å². The number of rotatable bonds is 10. The van der Waals surface area contributed by atoms with Crippen LogP contribution in [0.2, 0.25) is 0 Å². The van der Waals surface area contributed by atoms with Crippen LogP contribution in [0.25, 0.3) is 150 Å². The number of benzene rings is 12. The van der Waals surface area contributed by atoms with E-state index >= 15 is 0 Å². The smallest absolute Gasteiger partial charge is 0.164 e. The van der Waals surface area contributed by atoms with Crippen molar-refractivity contribution in [3.63, 3.8) is 0 Å². The molecular weight excluding hydrogens is 973 g/mol. The second kappa shape index (κ2) is 19.7. The average molecular weight is 1020 g/mol. The summed E-state index contributed by atoms with van der Waals surface area (Å²) < 4.78 is 9.62. The fourth-order valence-corrected chi connectivity index (χ4v) is 11.6. The van der Waals surface area contributed by atoms with Crippen LogP contribution in [0, 0.1) is 0 Å². The Morgan fingerprint density at radius 3 is 1.16 bits per heavy atom. The molecule has 5 nitrogen and oxygen atoms in total. The van der Waals surface area contributed by atoms with Gasteiger partial charge in [-0.1, -0.05) is 243 Å². The largest absolute Gasteiger partial charge is 0.455 e. The molecule has 0 atom stereocenters. The average Bonchev–Trinajstić information content (AvgIpc) is 4.25. The predicted octanol–water partition coefficient (Wildman–Crippen LogP) is 19.9. The minimum Gasteiger partial charge on any atom is -0.455 e. The molecule has 0 aliphatic heterocycles. The highest BCUT2D eigenvalue weighted by Gasteiger charge is 2.26. The summed E-state index contributed by atoms with van der Waals surface area (Å²) in [5.74, 6) is 1.71. The van der Waals surface area contributed by atoms with E-state index < -0.39 is 0 Å². The maximum absolute atomic E-state index is 7.17. The van der Waals surface area contributed by atoms with Crippen molar-refractivity contribution in [2.24, 2.45) is 0 Å². The third-order valence-electron chi connectivity index (χ3n) is 15.4. The number of aromatic nitrogens is 4. The minimum atomic E-state index is 0.560. The van der Waals surface area contributed by atoms with Gasteiger partial charge in [0.05, 0.1) is 22.1 Å². The van der Waals surface area contributed by atoms with Gasteiger partial charge in [-0.3, -0.25) is 0 Å². The molecule has 0 unspecified atom stereocenters. The molecule has 0 bridgehead atoms. The minimum absolute atomic E-state index is 0.560. The van der Waals surface area contributed by atoms with Crippen LogP contribution in [0.4, 0.5) is 0 Å². The summed E-state index contributed by atoms with van der Waals surface area (Å²) in [5.41, 5.74) is 20.5. The highest BCUT2D eigenvalue weighted by Crippen LogP contribution is 2.47. The Bertz CT molecular complexity index is 4650. The Labute approximate surface area is 463 Å². The summed E-state index contributed by atoms with van der Waals surface area (Å²) in [7, 11) is 0. The number of hydrogen-bond donors (Lipinski definition) is 0. The molecule has 0 aliphatic carbocycles. The third kappa shape index (κ3) is 8.24. The quantitative estimate of drug-likeness (QED) is 0.137. The fourth-order valence-electron chi connectivity index (χ4n) is 11.6. The maximum atomic E-state index is 7.17. The molecule has 0 saturated heterocycles. The van der Waals surface area contributed by atoms with Crippen LogP contribution in [-0.2, 0) is 0 Å². The summed E-state index contributed by atoms with van der Waals surface area (Å²) >= 11 is 0. The molecule has 5 heteroatoms. The molecule has 15 rings (SSSR count). The zero-order chi connectivity index (χ0) is 52.9. The highest BCUT2D eigenvalue weighted by molar-refractivity contribution is 6.25. The lowest BCUT2D eigenvalue weighted by atomic mass is 9.92. The van der Waals surface area contributed by atoms with Crippen molar-refractivity contribution < 1.29 is 4.42 Å². The van der Waals surface area contributed by atoms with E-state index in [-0.39, 0.29) is 0 Å². The van der Waals surface area contributed by atoms with E-state index in [1.807, 2.05) is 6.07 Å². The van der Waals surface area contributed by atoms with Crippen molar-refractivity contribution in [1.29, 1.82) is 0 Å². The Morgan fingerprint density at radius 2 is 0.625 bits per heavy atom. The standard InChI is InChI=1S/C75H48N4O/c1-7-22-49(23-8-1)52-38-40-56(41-39-52)73-76-74(59-45-57(50-24-9-2-10-25-50)44-58(46-59)51-26-11-3-12-27-51)78-75(77-73)60-47-65(54-30-15-5-16-31-54)70(66(48-60)55-32-17-6-18-33-55)79-67-37-20-19-34-64(67)69-68(79)43-42-63-62-36-21-35-61(71(62)80-72(63)69)53-28-13-4-14-29-53/h1-48H. The van der Waals surface area contributed by atoms with E-state index in [1.165, 1.54) is 0 Å². The Hall–Kier alpha value is -10.8. The van der Waals surface area contributed by atoms with Crippen molar-refractivity contribution in [3.8, 4) is 107 Å². The summed E-state index contributed by atoms with van der Waals surface area (Å²) in [6.07, 6.45) is 0. The molecule has 0 saturated carbocycles. The Kier molecular flexibility index (Phi) is 11.4. The van der Waals surface area contributed by atoms with Gasteiger partial charge in [0.1, 0.15) is 11.2 Å². The molecular formula is C75H48N4O. The van der Waals surface area contributed by atoms with E-state index in [4.69, 9.17) is 19.4 Å². The van der Waals surface area contributed by atoms with Gasteiger partial charge in [-0.15, -0.1) is 0 Å². The van der Waals surface area contributed by atoms with Crippen LogP contribution >= 0.6 is 0 Å². The van der Waals surface area contributed by atoms with E-state index in [2.05, 4.69) is 290 Å². The molecule has 0 radical (unpaired) electrons. The van der Waals surface area contributed by atoms with E-state index in [1.54, 1.807) is 0 Å². The van der Waals surface area contributed by atoms with Crippen LogP contribution in [0.5, 0.6) is 0 Å². The maximum Gasteiger partial charge on any atom is 0.164 e. The monoisotopic (exact) mass is 1020 g/mol. The van der Waals surface area contributed by atoms with Gasteiger partial charge in [0.25, 0.3) is 0 Å². The van der Waals surface area contributed by atoms with Gasteiger partial charge in [-0.05, 0) is 98.6 Å². The molecule has 0 amide bonds. The Morgan fingerprint density at radius 1 is 0.237 bits per heavy atom.